The smallest absolute Gasteiger partial charge is 0.240 e. The third-order valence-electron chi connectivity index (χ3n) is 4.17. The lowest BCUT2D eigenvalue weighted by molar-refractivity contribution is 0.316. The normalized spacial score (nSPS) is 16.2. The molecular formula is C16H26N2O2S. The van der Waals surface area contributed by atoms with Crippen molar-refractivity contribution in [3.63, 3.8) is 0 Å². The molecule has 0 amide bonds. The van der Waals surface area contributed by atoms with Gasteiger partial charge in [-0.3, -0.25) is 0 Å². The van der Waals surface area contributed by atoms with Gasteiger partial charge in [0.1, 0.15) is 0 Å². The van der Waals surface area contributed by atoms with Crippen LogP contribution in [0.3, 0.4) is 0 Å². The number of rotatable bonds is 7. The molecular weight excluding hydrogens is 284 g/mol. The number of benzene rings is 1. The Labute approximate surface area is 128 Å². The molecule has 0 radical (unpaired) electrons. The lowest BCUT2D eigenvalue weighted by Gasteiger charge is -2.25. The Kier molecular flexibility index (Phi) is 5.41. The van der Waals surface area contributed by atoms with Gasteiger partial charge in [0.25, 0.3) is 0 Å². The van der Waals surface area contributed by atoms with Crippen molar-refractivity contribution < 1.29 is 8.42 Å². The van der Waals surface area contributed by atoms with E-state index in [9.17, 15) is 8.42 Å². The van der Waals surface area contributed by atoms with E-state index in [1.165, 1.54) is 6.42 Å². The maximum atomic E-state index is 12.5. The van der Waals surface area contributed by atoms with Crippen molar-refractivity contribution in [3.05, 3.63) is 29.3 Å². The Morgan fingerprint density at radius 3 is 2.57 bits per heavy atom. The van der Waals surface area contributed by atoms with Crippen LogP contribution in [-0.4, -0.2) is 21.0 Å². The zero-order chi connectivity index (χ0) is 15.5. The van der Waals surface area contributed by atoms with Crippen molar-refractivity contribution in [1.82, 2.24) is 10.0 Å². The minimum absolute atomic E-state index is 0.376. The number of nitrogens with one attached hydrogen (secondary N) is 2. The molecule has 118 valence electrons. The van der Waals surface area contributed by atoms with Crippen molar-refractivity contribution in [1.29, 1.82) is 0 Å². The first kappa shape index (κ1) is 16.5. The Bertz CT molecular complexity index is 578. The Morgan fingerprint density at radius 1 is 1.29 bits per heavy atom. The van der Waals surface area contributed by atoms with Gasteiger partial charge in [-0.2, -0.15) is 0 Å². The van der Waals surface area contributed by atoms with Crippen molar-refractivity contribution in [2.24, 2.45) is 5.92 Å². The van der Waals surface area contributed by atoms with E-state index in [1.54, 1.807) is 6.07 Å². The molecule has 0 unspecified atom stereocenters. The second-order valence-corrected chi connectivity index (χ2v) is 7.96. The summed E-state index contributed by atoms with van der Waals surface area (Å²) in [7, 11) is -3.40. The van der Waals surface area contributed by atoms with Crippen LogP contribution in [0.5, 0.6) is 0 Å². The molecule has 0 atom stereocenters. The molecule has 0 aromatic heterocycles. The summed E-state index contributed by atoms with van der Waals surface area (Å²) >= 11 is 0. The quantitative estimate of drug-likeness (QED) is 0.814. The highest BCUT2D eigenvalue weighted by molar-refractivity contribution is 7.89. The fourth-order valence-corrected chi connectivity index (χ4v) is 3.86. The van der Waals surface area contributed by atoms with Crippen molar-refractivity contribution >= 4 is 10.0 Å². The SMILES string of the molecule is Cc1c(CNC(C)C)cccc1S(=O)(=O)NCC1CCC1. The van der Waals surface area contributed by atoms with Gasteiger partial charge >= 0.3 is 0 Å². The van der Waals surface area contributed by atoms with Gasteiger partial charge in [0, 0.05) is 19.1 Å². The molecule has 0 heterocycles. The fourth-order valence-electron chi connectivity index (χ4n) is 2.46. The molecule has 21 heavy (non-hydrogen) atoms. The second kappa shape index (κ2) is 6.90. The average molecular weight is 310 g/mol. The summed E-state index contributed by atoms with van der Waals surface area (Å²) < 4.78 is 27.7. The lowest BCUT2D eigenvalue weighted by Crippen LogP contribution is -2.32. The molecule has 1 aromatic rings. The van der Waals surface area contributed by atoms with E-state index in [0.717, 1.165) is 24.0 Å². The van der Waals surface area contributed by atoms with Gasteiger partial charge in [0.15, 0.2) is 0 Å². The number of hydrogen-bond donors (Lipinski definition) is 2. The third kappa shape index (κ3) is 4.28. The summed E-state index contributed by atoms with van der Waals surface area (Å²) in [5, 5.41) is 3.33. The zero-order valence-corrected chi connectivity index (χ0v) is 14.0. The first-order valence-electron chi connectivity index (χ1n) is 7.71. The van der Waals surface area contributed by atoms with Crippen LogP contribution in [0.25, 0.3) is 0 Å². The Morgan fingerprint density at radius 2 is 2.00 bits per heavy atom. The molecule has 1 fully saturated rings. The molecule has 2 rings (SSSR count). The van der Waals surface area contributed by atoms with E-state index < -0.39 is 10.0 Å². The van der Waals surface area contributed by atoms with Crippen LogP contribution in [0.15, 0.2) is 23.1 Å². The molecule has 0 aliphatic heterocycles. The molecule has 1 saturated carbocycles. The van der Waals surface area contributed by atoms with E-state index >= 15 is 0 Å². The summed E-state index contributed by atoms with van der Waals surface area (Å²) in [6.45, 7) is 7.30. The van der Waals surface area contributed by atoms with E-state index in [1.807, 2.05) is 19.1 Å². The van der Waals surface area contributed by atoms with Crippen LogP contribution in [0, 0.1) is 12.8 Å². The van der Waals surface area contributed by atoms with E-state index in [0.29, 0.717) is 29.9 Å². The highest BCUT2D eigenvalue weighted by Crippen LogP contribution is 2.26. The van der Waals surface area contributed by atoms with Crippen LogP contribution in [0.4, 0.5) is 0 Å². The summed E-state index contributed by atoms with van der Waals surface area (Å²) in [6, 6.07) is 5.87. The summed E-state index contributed by atoms with van der Waals surface area (Å²) in [5.74, 6) is 0.519. The Balaban J connectivity index is 2.11. The average Bonchev–Trinajstić information content (AvgIpc) is 2.35. The fraction of sp³-hybridized carbons (Fsp3) is 0.625. The maximum absolute atomic E-state index is 12.5. The van der Waals surface area contributed by atoms with Gasteiger partial charge in [-0.25, -0.2) is 13.1 Å². The molecule has 4 nitrogen and oxygen atoms in total. The molecule has 2 N–H and O–H groups in total. The summed E-state index contributed by atoms with van der Waals surface area (Å²) in [5.41, 5.74) is 1.88. The van der Waals surface area contributed by atoms with Crippen LogP contribution >= 0.6 is 0 Å². The zero-order valence-electron chi connectivity index (χ0n) is 13.1. The second-order valence-electron chi connectivity index (χ2n) is 6.22. The topological polar surface area (TPSA) is 58.2 Å². The van der Waals surface area contributed by atoms with Gasteiger partial charge in [-0.1, -0.05) is 32.4 Å². The highest BCUT2D eigenvalue weighted by Gasteiger charge is 2.22. The minimum atomic E-state index is -3.40. The van der Waals surface area contributed by atoms with Crippen LogP contribution in [0.2, 0.25) is 0 Å². The molecule has 5 heteroatoms. The third-order valence-corrected chi connectivity index (χ3v) is 5.74. The van der Waals surface area contributed by atoms with Crippen molar-refractivity contribution in [2.45, 2.75) is 57.5 Å². The lowest BCUT2D eigenvalue weighted by atomic mass is 9.86. The number of hydrogen-bond acceptors (Lipinski definition) is 3. The van der Waals surface area contributed by atoms with Crippen molar-refractivity contribution in [2.75, 3.05) is 6.54 Å². The van der Waals surface area contributed by atoms with E-state index in [4.69, 9.17) is 0 Å². The molecule has 0 spiro atoms. The summed E-state index contributed by atoms with van der Waals surface area (Å²) in [4.78, 5) is 0.407. The van der Waals surface area contributed by atoms with Gasteiger partial charge in [0.2, 0.25) is 10.0 Å². The van der Waals surface area contributed by atoms with Gasteiger partial charge in [0.05, 0.1) is 4.90 Å². The molecule has 1 aliphatic carbocycles. The maximum Gasteiger partial charge on any atom is 0.240 e. The van der Waals surface area contributed by atoms with Crippen LogP contribution in [0.1, 0.15) is 44.2 Å². The van der Waals surface area contributed by atoms with Crippen LogP contribution in [-0.2, 0) is 16.6 Å². The van der Waals surface area contributed by atoms with Gasteiger partial charge in [-0.15, -0.1) is 0 Å². The van der Waals surface area contributed by atoms with Gasteiger partial charge in [-0.05, 0) is 42.9 Å². The van der Waals surface area contributed by atoms with E-state index in [-0.39, 0.29) is 0 Å². The minimum Gasteiger partial charge on any atom is -0.310 e. The monoisotopic (exact) mass is 310 g/mol. The number of sulfonamides is 1. The predicted molar refractivity (Wildman–Crippen MR) is 85.7 cm³/mol. The van der Waals surface area contributed by atoms with Crippen LogP contribution < -0.4 is 10.0 Å². The predicted octanol–water partition coefficient (Wildman–Crippen LogP) is 2.57. The molecule has 1 aliphatic rings. The first-order chi connectivity index (χ1) is 9.90. The van der Waals surface area contributed by atoms with Gasteiger partial charge < -0.3 is 5.32 Å². The largest absolute Gasteiger partial charge is 0.310 e. The highest BCUT2D eigenvalue weighted by atomic mass is 32.2. The van der Waals surface area contributed by atoms with Crippen molar-refractivity contribution in [3.8, 4) is 0 Å². The first-order valence-corrected chi connectivity index (χ1v) is 9.20. The molecule has 1 aromatic carbocycles. The molecule has 0 saturated heterocycles. The molecule has 0 bridgehead atoms. The van der Waals surface area contributed by atoms with E-state index in [2.05, 4.69) is 23.9 Å². The standard InChI is InChI=1S/C16H26N2O2S/c1-12(2)17-11-15-8-5-9-16(13(15)3)21(19,20)18-10-14-6-4-7-14/h5,8-9,12,14,17-18H,4,6-7,10-11H2,1-3H3. The summed E-state index contributed by atoms with van der Waals surface area (Å²) in [6.07, 6.45) is 3.50. The Hall–Kier alpha value is -0.910.